The summed E-state index contributed by atoms with van der Waals surface area (Å²) >= 11 is 0. The predicted molar refractivity (Wildman–Crippen MR) is 66.8 cm³/mol. The van der Waals surface area contributed by atoms with Gasteiger partial charge in [0, 0.05) is 0 Å². The van der Waals surface area contributed by atoms with Crippen molar-refractivity contribution in [3.63, 3.8) is 0 Å². The van der Waals surface area contributed by atoms with E-state index in [0.29, 0.717) is 0 Å². The molecule has 0 radical (unpaired) electrons. The second kappa shape index (κ2) is 10.3. The van der Waals surface area contributed by atoms with Gasteiger partial charge in [-0.05, 0) is 13.3 Å². The molecule has 0 amide bonds. The van der Waals surface area contributed by atoms with Gasteiger partial charge in [-0.15, -0.1) is 0 Å². The van der Waals surface area contributed by atoms with Gasteiger partial charge in [0.25, 0.3) is 0 Å². The van der Waals surface area contributed by atoms with E-state index in [4.69, 9.17) is 15.3 Å². The lowest BCUT2D eigenvalue weighted by Crippen LogP contribution is -2.39. The zero-order valence-corrected chi connectivity index (χ0v) is 12.7. The highest BCUT2D eigenvalue weighted by atomic mass is 19.4. The lowest BCUT2D eigenvalue weighted by atomic mass is 9.99. The fourth-order valence-corrected chi connectivity index (χ4v) is 1.25. The van der Waals surface area contributed by atoms with E-state index >= 15 is 0 Å². The maximum Gasteiger partial charge on any atom is 0.415 e. The first kappa shape index (κ1) is 24.7. The van der Waals surface area contributed by atoms with Gasteiger partial charge in [0.1, 0.15) is 0 Å². The van der Waals surface area contributed by atoms with E-state index in [9.17, 15) is 35.9 Å². The Morgan fingerprint density at radius 3 is 1.67 bits per heavy atom. The number of halogens is 6. The predicted octanol–water partition coefficient (Wildman–Crippen LogP) is 1.88. The molecule has 0 aliphatic rings. The monoisotopic (exact) mass is 372 g/mol. The molecule has 6 nitrogen and oxygen atoms in total. The van der Waals surface area contributed by atoms with Crippen LogP contribution in [0.4, 0.5) is 26.3 Å². The molecule has 3 atom stereocenters. The number of aliphatic hydroxyl groups excluding tert-OH is 2. The number of carboxylic acid groups (broad SMARTS) is 1. The van der Waals surface area contributed by atoms with Gasteiger partial charge in [0.2, 0.25) is 0 Å². The maximum absolute atomic E-state index is 11.7. The molecule has 0 aromatic carbocycles. The Labute approximate surface area is 133 Å². The molecule has 0 heterocycles. The average Bonchev–Trinajstić information content (AvgIpc) is 2.37. The quantitative estimate of drug-likeness (QED) is 0.486. The number of alkyl halides is 6. The number of aliphatic carboxylic acids is 1. The van der Waals surface area contributed by atoms with Crippen molar-refractivity contribution in [2.24, 2.45) is 5.92 Å². The summed E-state index contributed by atoms with van der Waals surface area (Å²) in [5.41, 5.74) is 0. The SMILES string of the molecule is CCC(C(=O)O)C(O)C(F)(F)F.CCOC(=O)CC(O)C(F)(F)F. The van der Waals surface area contributed by atoms with Crippen LogP contribution < -0.4 is 0 Å². The molecule has 12 heteroatoms. The van der Waals surface area contributed by atoms with Gasteiger partial charge in [-0.2, -0.15) is 26.3 Å². The number of carbonyl (C=O) groups excluding carboxylic acids is 1. The van der Waals surface area contributed by atoms with E-state index in [1.807, 2.05) is 0 Å². The Morgan fingerprint density at radius 2 is 1.46 bits per heavy atom. The minimum atomic E-state index is -4.86. The largest absolute Gasteiger partial charge is 0.481 e. The molecule has 24 heavy (non-hydrogen) atoms. The number of hydrogen-bond acceptors (Lipinski definition) is 5. The van der Waals surface area contributed by atoms with Crippen molar-refractivity contribution in [1.82, 2.24) is 0 Å². The van der Waals surface area contributed by atoms with Crippen LogP contribution in [0, 0.1) is 5.92 Å². The lowest BCUT2D eigenvalue weighted by Gasteiger charge is -2.19. The van der Waals surface area contributed by atoms with Crippen molar-refractivity contribution in [2.45, 2.75) is 51.2 Å². The first-order chi connectivity index (χ1) is 10.7. The Morgan fingerprint density at radius 1 is 1.00 bits per heavy atom. The van der Waals surface area contributed by atoms with Crippen LogP contribution in [0.5, 0.6) is 0 Å². The van der Waals surface area contributed by atoms with Crippen LogP contribution in [0.15, 0.2) is 0 Å². The first-order valence-electron chi connectivity index (χ1n) is 6.56. The normalized spacial score (nSPS) is 15.6. The highest BCUT2D eigenvalue weighted by molar-refractivity contribution is 5.70. The Balaban J connectivity index is 0. The third-order valence-corrected chi connectivity index (χ3v) is 2.52. The van der Waals surface area contributed by atoms with Crippen molar-refractivity contribution in [3.8, 4) is 0 Å². The van der Waals surface area contributed by atoms with Crippen LogP contribution >= 0.6 is 0 Å². The van der Waals surface area contributed by atoms with E-state index in [-0.39, 0.29) is 13.0 Å². The van der Waals surface area contributed by atoms with Crippen molar-refractivity contribution in [1.29, 1.82) is 0 Å². The summed E-state index contributed by atoms with van der Waals surface area (Å²) in [6, 6.07) is 0. The fourth-order valence-electron chi connectivity index (χ4n) is 1.25. The van der Waals surface area contributed by atoms with Gasteiger partial charge < -0.3 is 20.1 Å². The van der Waals surface area contributed by atoms with Crippen LogP contribution in [-0.2, 0) is 14.3 Å². The summed E-state index contributed by atoms with van der Waals surface area (Å²) in [7, 11) is 0. The summed E-state index contributed by atoms with van der Waals surface area (Å²) < 4.78 is 74.2. The molecule has 0 aliphatic carbocycles. The molecule has 0 rings (SSSR count). The number of hydrogen-bond donors (Lipinski definition) is 3. The van der Waals surface area contributed by atoms with Crippen molar-refractivity contribution in [2.75, 3.05) is 6.61 Å². The molecule has 144 valence electrons. The van der Waals surface area contributed by atoms with Crippen LogP contribution in [0.2, 0.25) is 0 Å². The second-order valence-electron chi connectivity index (χ2n) is 4.41. The summed E-state index contributed by atoms with van der Waals surface area (Å²) in [5, 5.41) is 25.1. The summed E-state index contributed by atoms with van der Waals surface area (Å²) in [4.78, 5) is 20.6. The first-order valence-corrected chi connectivity index (χ1v) is 6.56. The maximum atomic E-state index is 11.7. The van der Waals surface area contributed by atoms with Crippen LogP contribution in [-0.4, -0.2) is 58.4 Å². The van der Waals surface area contributed by atoms with Gasteiger partial charge >= 0.3 is 24.3 Å². The second-order valence-corrected chi connectivity index (χ2v) is 4.41. The molecule has 0 fully saturated rings. The molecule has 0 aliphatic heterocycles. The number of ether oxygens (including phenoxy) is 1. The molecular weight excluding hydrogens is 354 g/mol. The van der Waals surface area contributed by atoms with E-state index in [2.05, 4.69) is 4.74 Å². The molecule has 0 saturated carbocycles. The van der Waals surface area contributed by atoms with Gasteiger partial charge in [0.15, 0.2) is 12.2 Å². The number of aliphatic hydroxyl groups is 2. The molecule has 0 saturated heterocycles. The number of carbonyl (C=O) groups is 2. The summed E-state index contributed by atoms with van der Waals surface area (Å²) in [6.45, 7) is 2.75. The number of rotatable bonds is 6. The van der Waals surface area contributed by atoms with Crippen molar-refractivity contribution < 1.29 is 56.0 Å². The average molecular weight is 372 g/mol. The minimum absolute atomic E-state index is 0.00338. The van der Waals surface area contributed by atoms with Crippen LogP contribution in [0.25, 0.3) is 0 Å². The molecule has 3 N–H and O–H groups in total. The van der Waals surface area contributed by atoms with Crippen molar-refractivity contribution in [3.05, 3.63) is 0 Å². The molecule has 0 spiro atoms. The summed E-state index contributed by atoms with van der Waals surface area (Å²) in [5.74, 6) is -4.46. The van der Waals surface area contributed by atoms with E-state index < -0.39 is 48.8 Å². The Hall–Kier alpha value is -1.56. The standard InChI is InChI=1S/2C6H9F3O3/c1-2-12-5(11)3-4(10)6(7,8)9;1-2-3(5(11)12)4(10)6(7,8)9/h4,10H,2-3H2,1H3;3-4,10H,2H2,1H3,(H,11,12). The third kappa shape index (κ3) is 10.3. The number of esters is 1. The Bertz CT molecular complexity index is 392. The highest BCUT2D eigenvalue weighted by Crippen LogP contribution is 2.27. The highest BCUT2D eigenvalue weighted by Gasteiger charge is 2.45. The smallest absolute Gasteiger partial charge is 0.415 e. The van der Waals surface area contributed by atoms with Gasteiger partial charge in [-0.3, -0.25) is 9.59 Å². The molecule has 0 aromatic heterocycles. The lowest BCUT2D eigenvalue weighted by molar-refractivity contribution is -0.223. The van der Waals surface area contributed by atoms with E-state index in [1.165, 1.54) is 13.8 Å². The molecule has 3 unspecified atom stereocenters. The van der Waals surface area contributed by atoms with Gasteiger partial charge in [-0.1, -0.05) is 6.92 Å². The van der Waals surface area contributed by atoms with Gasteiger partial charge in [-0.25, -0.2) is 0 Å². The summed E-state index contributed by atoms with van der Waals surface area (Å²) in [6.07, 6.45) is -16.3. The van der Waals surface area contributed by atoms with E-state index in [1.54, 1.807) is 0 Å². The molecular formula is C12H18F6O6. The van der Waals surface area contributed by atoms with E-state index in [0.717, 1.165) is 0 Å². The zero-order valence-electron chi connectivity index (χ0n) is 12.7. The topological polar surface area (TPSA) is 104 Å². The minimum Gasteiger partial charge on any atom is -0.481 e. The fraction of sp³-hybridized carbons (Fsp3) is 0.833. The molecule has 0 aromatic rings. The van der Waals surface area contributed by atoms with Gasteiger partial charge in [0.05, 0.1) is 18.9 Å². The third-order valence-electron chi connectivity index (χ3n) is 2.52. The van der Waals surface area contributed by atoms with Crippen LogP contribution in [0.3, 0.4) is 0 Å². The zero-order chi connectivity index (χ0) is 19.7. The Kier molecular flexibility index (Phi) is 10.6. The van der Waals surface area contributed by atoms with Crippen LogP contribution in [0.1, 0.15) is 26.7 Å². The number of carboxylic acids is 1. The molecule has 0 bridgehead atoms. The van der Waals surface area contributed by atoms with Crippen molar-refractivity contribution >= 4 is 11.9 Å².